The van der Waals surface area contributed by atoms with E-state index in [1.165, 1.54) is 31.5 Å². The second kappa shape index (κ2) is 11.1. The highest BCUT2D eigenvalue weighted by molar-refractivity contribution is 5.85. The number of aryl methyl sites for hydroxylation is 1. The monoisotopic (exact) mass is 436 g/mol. The summed E-state index contributed by atoms with van der Waals surface area (Å²) in [6.07, 6.45) is 3.96. The van der Waals surface area contributed by atoms with E-state index in [0.29, 0.717) is 0 Å². The molecule has 2 atom stereocenters. The summed E-state index contributed by atoms with van der Waals surface area (Å²) < 4.78 is 5.27. The number of methoxy groups -OCH3 is 1. The van der Waals surface area contributed by atoms with E-state index in [9.17, 15) is 0 Å². The molecular formula is C24H34Cl2N2O. The van der Waals surface area contributed by atoms with Gasteiger partial charge in [0.05, 0.1) is 7.11 Å². The molecule has 5 heteroatoms. The topological polar surface area (TPSA) is 15.7 Å². The zero-order valence-corrected chi connectivity index (χ0v) is 19.2. The molecule has 0 radical (unpaired) electrons. The lowest BCUT2D eigenvalue weighted by Gasteiger charge is -2.39. The molecule has 0 saturated carbocycles. The molecule has 0 bridgehead atoms. The lowest BCUT2D eigenvalue weighted by molar-refractivity contribution is 0.205. The van der Waals surface area contributed by atoms with Gasteiger partial charge in [-0.05, 0) is 66.5 Å². The van der Waals surface area contributed by atoms with Crippen LogP contribution in [0.5, 0.6) is 5.75 Å². The number of halogens is 2. The van der Waals surface area contributed by atoms with Crippen molar-refractivity contribution in [2.45, 2.75) is 32.1 Å². The third kappa shape index (κ3) is 5.59. The van der Waals surface area contributed by atoms with Crippen LogP contribution in [0.3, 0.4) is 0 Å². The van der Waals surface area contributed by atoms with Crippen molar-refractivity contribution in [1.29, 1.82) is 0 Å². The van der Waals surface area contributed by atoms with Crippen LogP contribution in [-0.2, 0) is 6.42 Å². The fraction of sp³-hybridized carbons (Fsp3) is 0.500. The summed E-state index contributed by atoms with van der Waals surface area (Å²) in [6, 6.07) is 17.6. The number of hydrogen-bond acceptors (Lipinski definition) is 3. The molecule has 1 aliphatic carbocycles. The molecule has 0 amide bonds. The van der Waals surface area contributed by atoms with E-state index in [-0.39, 0.29) is 24.8 Å². The first-order valence-electron chi connectivity index (χ1n) is 10.4. The van der Waals surface area contributed by atoms with Gasteiger partial charge in [0.1, 0.15) is 5.75 Å². The molecule has 2 aliphatic rings. The Morgan fingerprint density at radius 3 is 2.34 bits per heavy atom. The number of hydrogen-bond donors (Lipinski definition) is 0. The van der Waals surface area contributed by atoms with Crippen LogP contribution >= 0.6 is 24.8 Å². The second-order valence-electron chi connectivity index (χ2n) is 8.16. The first kappa shape index (κ1) is 23.9. The third-order valence-corrected chi connectivity index (χ3v) is 6.46. The zero-order valence-electron chi connectivity index (χ0n) is 17.5. The predicted octanol–water partition coefficient (Wildman–Crippen LogP) is 5.42. The van der Waals surface area contributed by atoms with Crippen molar-refractivity contribution in [3.63, 3.8) is 0 Å². The van der Waals surface area contributed by atoms with Gasteiger partial charge in [-0.2, -0.15) is 0 Å². The molecule has 1 fully saturated rings. The molecular weight excluding hydrogens is 403 g/mol. The van der Waals surface area contributed by atoms with E-state index in [0.717, 1.165) is 43.8 Å². The summed E-state index contributed by atoms with van der Waals surface area (Å²) in [5.41, 5.74) is 4.52. The van der Waals surface area contributed by atoms with Gasteiger partial charge in [-0.15, -0.1) is 24.8 Å². The second-order valence-corrected chi connectivity index (χ2v) is 8.16. The molecule has 1 saturated heterocycles. The van der Waals surface area contributed by atoms with Gasteiger partial charge in [0.2, 0.25) is 0 Å². The average Bonchev–Trinajstić information content (AvgIpc) is 2.74. The zero-order chi connectivity index (χ0) is 18.6. The minimum absolute atomic E-state index is 0. The van der Waals surface area contributed by atoms with E-state index in [4.69, 9.17) is 4.74 Å². The molecule has 2 aromatic rings. The van der Waals surface area contributed by atoms with Crippen LogP contribution in [0.4, 0.5) is 5.69 Å². The fourth-order valence-electron chi connectivity index (χ4n) is 4.90. The molecule has 1 heterocycles. The lowest BCUT2D eigenvalue weighted by atomic mass is 9.76. The van der Waals surface area contributed by atoms with Crippen molar-refractivity contribution in [3.8, 4) is 5.75 Å². The Morgan fingerprint density at radius 1 is 0.966 bits per heavy atom. The van der Waals surface area contributed by atoms with Gasteiger partial charge in [0, 0.05) is 38.4 Å². The van der Waals surface area contributed by atoms with Gasteiger partial charge in [-0.3, -0.25) is 4.90 Å². The molecule has 0 spiro atoms. The SMILES string of the molecule is COc1ccc(N2CCN(CC(C)C3CCCc4ccccc43)CC2)cc1.Cl.Cl. The lowest BCUT2D eigenvalue weighted by Crippen LogP contribution is -2.48. The van der Waals surface area contributed by atoms with E-state index < -0.39 is 0 Å². The summed E-state index contributed by atoms with van der Waals surface area (Å²) in [5.74, 6) is 2.38. The van der Waals surface area contributed by atoms with Crippen molar-refractivity contribution in [2.24, 2.45) is 5.92 Å². The quantitative estimate of drug-likeness (QED) is 0.622. The molecule has 0 N–H and O–H groups in total. The van der Waals surface area contributed by atoms with Crippen molar-refractivity contribution < 1.29 is 4.74 Å². The summed E-state index contributed by atoms with van der Waals surface area (Å²) in [6.45, 7) is 8.22. The van der Waals surface area contributed by atoms with Crippen molar-refractivity contribution >= 4 is 30.5 Å². The maximum Gasteiger partial charge on any atom is 0.119 e. The highest BCUT2D eigenvalue weighted by atomic mass is 35.5. The van der Waals surface area contributed by atoms with Crippen molar-refractivity contribution in [2.75, 3.05) is 44.7 Å². The first-order chi connectivity index (χ1) is 13.2. The Kier molecular flexibility index (Phi) is 9.13. The molecule has 160 valence electrons. The number of fused-ring (bicyclic) bond motifs is 1. The number of piperazine rings is 1. The van der Waals surface area contributed by atoms with Gasteiger partial charge < -0.3 is 9.64 Å². The molecule has 2 unspecified atom stereocenters. The highest BCUT2D eigenvalue weighted by Crippen LogP contribution is 2.37. The van der Waals surface area contributed by atoms with E-state index in [1.807, 2.05) is 0 Å². The number of ether oxygens (including phenoxy) is 1. The number of nitrogens with zero attached hydrogens (tertiary/aromatic N) is 2. The van der Waals surface area contributed by atoms with Gasteiger partial charge in [0.25, 0.3) is 0 Å². The molecule has 1 aliphatic heterocycles. The summed E-state index contributed by atoms with van der Waals surface area (Å²) in [4.78, 5) is 5.17. The fourth-order valence-corrected chi connectivity index (χ4v) is 4.90. The standard InChI is InChI=1S/C24H32N2O.2ClH/c1-19(23-9-5-7-20-6-3-4-8-24(20)23)18-25-14-16-26(17-15-25)21-10-12-22(27-2)13-11-21;;/h3-4,6,8,10-13,19,23H,5,7,9,14-18H2,1-2H3;2*1H. The smallest absolute Gasteiger partial charge is 0.119 e. The highest BCUT2D eigenvalue weighted by Gasteiger charge is 2.27. The van der Waals surface area contributed by atoms with Crippen LogP contribution in [0.2, 0.25) is 0 Å². The molecule has 4 rings (SSSR count). The number of rotatable bonds is 5. The normalized spacial score (nSPS) is 20.1. The van der Waals surface area contributed by atoms with Crippen molar-refractivity contribution in [3.05, 3.63) is 59.7 Å². The minimum Gasteiger partial charge on any atom is -0.497 e. The van der Waals surface area contributed by atoms with Crippen LogP contribution in [0.1, 0.15) is 36.8 Å². The van der Waals surface area contributed by atoms with E-state index in [2.05, 4.69) is 65.3 Å². The number of benzene rings is 2. The average molecular weight is 437 g/mol. The van der Waals surface area contributed by atoms with Gasteiger partial charge in [-0.1, -0.05) is 31.2 Å². The van der Waals surface area contributed by atoms with Crippen LogP contribution < -0.4 is 9.64 Å². The van der Waals surface area contributed by atoms with E-state index >= 15 is 0 Å². The maximum absolute atomic E-state index is 5.27. The van der Waals surface area contributed by atoms with Gasteiger partial charge in [0.15, 0.2) is 0 Å². The summed E-state index contributed by atoms with van der Waals surface area (Å²) >= 11 is 0. The minimum atomic E-state index is 0. The number of anilines is 1. The Bertz CT molecular complexity index is 745. The Balaban J connectivity index is 0.00000150. The Labute approximate surface area is 188 Å². The van der Waals surface area contributed by atoms with Crippen LogP contribution in [-0.4, -0.2) is 44.7 Å². The molecule has 3 nitrogen and oxygen atoms in total. The largest absolute Gasteiger partial charge is 0.497 e. The van der Waals surface area contributed by atoms with Gasteiger partial charge in [-0.25, -0.2) is 0 Å². The Hall–Kier alpha value is -1.42. The predicted molar refractivity (Wildman–Crippen MR) is 127 cm³/mol. The molecule has 0 aromatic heterocycles. The Morgan fingerprint density at radius 2 is 1.66 bits per heavy atom. The summed E-state index contributed by atoms with van der Waals surface area (Å²) in [5, 5.41) is 0. The summed E-state index contributed by atoms with van der Waals surface area (Å²) in [7, 11) is 1.72. The maximum atomic E-state index is 5.27. The third-order valence-electron chi connectivity index (χ3n) is 6.46. The first-order valence-corrected chi connectivity index (χ1v) is 10.4. The van der Waals surface area contributed by atoms with Crippen LogP contribution in [0.25, 0.3) is 0 Å². The van der Waals surface area contributed by atoms with Crippen molar-refractivity contribution in [1.82, 2.24) is 4.90 Å². The van der Waals surface area contributed by atoms with Crippen LogP contribution in [0.15, 0.2) is 48.5 Å². The van der Waals surface area contributed by atoms with Gasteiger partial charge >= 0.3 is 0 Å². The molecule has 2 aromatic carbocycles. The molecule has 29 heavy (non-hydrogen) atoms. The van der Waals surface area contributed by atoms with Crippen LogP contribution in [0, 0.1) is 5.92 Å². The van der Waals surface area contributed by atoms with E-state index in [1.54, 1.807) is 18.2 Å².